The van der Waals surface area contributed by atoms with Crippen molar-refractivity contribution in [2.45, 2.75) is 32.6 Å². The molecule has 0 fully saturated rings. The second-order valence-corrected chi connectivity index (χ2v) is 5.07. The molecule has 6 heteroatoms. The van der Waals surface area contributed by atoms with E-state index < -0.39 is 11.6 Å². The average Bonchev–Trinajstić information content (AvgIpc) is 2.95. The molecule has 0 spiro atoms. The summed E-state index contributed by atoms with van der Waals surface area (Å²) in [4.78, 5) is 4.26. The van der Waals surface area contributed by atoms with Crippen molar-refractivity contribution in [1.82, 2.24) is 10.1 Å². The van der Waals surface area contributed by atoms with E-state index >= 15 is 0 Å². The van der Waals surface area contributed by atoms with Crippen LogP contribution in [0.25, 0.3) is 11.4 Å². The summed E-state index contributed by atoms with van der Waals surface area (Å²) < 4.78 is 18.5. The summed E-state index contributed by atoms with van der Waals surface area (Å²) in [5.41, 5.74) is 6.05. The van der Waals surface area contributed by atoms with Gasteiger partial charge in [0.1, 0.15) is 0 Å². The lowest BCUT2D eigenvalue weighted by atomic mass is 9.97. The van der Waals surface area contributed by atoms with Gasteiger partial charge in [0.05, 0.1) is 0 Å². The van der Waals surface area contributed by atoms with Gasteiger partial charge in [-0.2, -0.15) is 4.98 Å². The standard InChI is InChI=1S/C15H20FN3O2/c1-2-10(7-8-17)3-6-14-18-15(19-21-14)11-4-5-13(20)12(16)9-11/h4-5,9-10,20H,2-3,6-8,17H2,1H3. The number of phenols is 1. The Kier molecular flexibility index (Phi) is 5.27. The molecule has 2 rings (SSSR count). The lowest BCUT2D eigenvalue weighted by Gasteiger charge is -2.11. The summed E-state index contributed by atoms with van der Waals surface area (Å²) in [6.45, 7) is 2.82. The quantitative estimate of drug-likeness (QED) is 0.820. The summed E-state index contributed by atoms with van der Waals surface area (Å²) in [6, 6.07) is 4.01. The zero-order valence-corrected chi connectivity index (χ0v) is 12.1. The second kappa shape index (κ2) is 7.17. The molecule has 1 aromatic carbocycles. The SMILES string of the molecule is CCC(CCN)CCc1nc(-c2ccc(O)c(F)c2)no1. The Morgan fingerprint density at radius 2 is 2.19 bits per heavy atom. The topological polar surface area (TPSA) is 85.2 Å². The van der Waals surface area contributed by atoms with Crippen LogP contribution in [0.3, 0.4) is 0 Å². The number of benzene rings is 1. The van der Waals surface area contributed by atoms with Gasteiger partial charge in [0.25, 0.3) is 0 Å². The van der Waals surface area contributed by atoms with Gasteiger partial charge in [0.15, 0.2) is 11.6 Å². The van der Waals surface area contributed by atoms with E-state index in [0.29, 0.717) is 36.2 Å². The van der Waals surface area contributed by atoms with Crippen molar-refractivity contribution in [2.24, 2.45) is 11.7 Å². The first-order chi connectivity index (χ1) is 10.1. The smallest absolute Gasteiger partial charge is 0.226 e. The van der Waals surface area contributed by atoms with E-state index in [-0.39, 0.29) is 0 Å². The van der Waals surface area contributed by atoms with Crippen LogP contribution in [-0.2, 0) is 6.42 Å². The summed E-state index contributed by atoms with van der Waals surface area (Å²) >= 11 is 0. The van der Waals surface area contributed by atoms with Crippen molar-refractivity contribution in [2.75, 3.05) is 6.54 Å². The van der Waals surface area contributed by atoms with Gasteiger partial charge < -0.3 is 15.4 Å². The first kappa shape index (κ1) is 15.4. The first-order valence-electron chi connectivity index (χ1n) is 7.15. The van der Waals surface area contributed by atoms with Gasteiger partial charge in [-0.25, -0.2) is 4.39 Å². The average molecular weight is 293 g/mol. The van der Waals surface area contributed by atoms with Gasteiger partial charge in [0, 0.05) is 12.0 Å². The number of aromatic nitrogens is 2. The molecule has 1 heterocycles. The molecule has 1 aromatic heterocycles. The number of phenolic OH excluding ortho intramolecular Hbond substituents is 1. The zero-order valence-electron chi connectivity index (χ0n) is 12.1. The van der Waals surface area contributed by atoms with Crippen LogP contribution in [0.1, 0.15) is 32.1 Å². The molecule has 0 radical (unpaired) electrons. The normalized spacial score (nSPS) is 12.5. The maximum atomic E-state index is 13.3. The van der Waals surface area contributed by atoms with Crippen LogP contribution in [0.15, 0.2) is 22.7 Å². The highest BCUT2D eigenvalue weighted by Crippen LogP contribution is 2.23. The third-order valence-electron chi connectivity index (χ3n) is 3.59. The lowest BCUT2D eigenvalue weighted by molar-refractivity contribution is 0.354. The predicted octanol–water partition coefficient (Wildman–Crippen LogP) is 2.89. The van der Waals surface area contributed by atoms with E-state index in [1.807, 2.05) is 0 Å². The Bertz CT molecular complexity index is 586. The van der Waals surface area contributed by atoms with Gasteiger partial charge >= 0.3 is 0 Å². The number of nitrogens with zero attached hydrogens (tertiary/aromatic N) is 2. The molecule has 0 bridgehead atoms. The van der Waals surface area contributed by atoms with Crippen LogP contribution in [0, 0.1) is 11.7 Å². The van der Waals surface area contributed by atoms with Gasteiger partial charge in [0.2, 0.25) is 11.7 Å². The van der Waals surface area contributed by atoms with Crippen LogP contribution in [0.5, 0.6) is 5.75 Å². The van der Waals surface area contributed by atoms with E-state index in [4.69, 9.17) is 15.4 Å². The molecule has 0 amide bonds. The van der Waals surface area contributed by atoms with Gasteiger partial charge in [-0.3, -0.25) is 0 Å². The minimum Gasteiger partial charge on any atom is -0.505 e. The van der Waals surface area contributed by atoms with E-state index in [2.05, 4.69) is 17.1 Å². The van der Waals surface area contributed by atoms with Crippen molar-refractivity contribution >= 4 is 0 Å². The largest absolute Gasteiger partial charge is 0.505 e. The van der Waals surface area contributed by atoms with E-state index in [9.17, 15) is 4.39 Å². The molecule has 3 N–H and O–H groups in total. The van der Waals surface area contributed by atoms with Crippen LogP contribution >= 0.6 is 0 Å². The lowest BCUT2D eigenvalue weighted by Crippen LogP contribution is -2.09. The first-order valence-corrected chi connectivity index (χ1v) is 7.15. The number of halogens is 1. The maximum Gasteiger partial charge on any atom is 0.226 e. The Balaban J connectivity index is 2.02. The zero-order chi connectivity index (χ0) is 15.2. The Hall–Kier alpha value is -1.95. The monoisotopic (exact) mass is 293 g/mol. The van der Waals surface area contributed by atoms with Gasteiger partial charge in [-0.15, -0.1) is 0 Å². The van der Waals surface area contributed by atoms with E-state index in [1.54, 1.807) is 6.07 Å². The molecule has 0 aliphatic rings. The molecule has 5 nitrogen and oxygen atoms in total. The summed E-state index contributed by atoms with van der Waals surface area (Å²) in [5, 5.41) is 13.0. The highest BCUT2D eigenvalue weighted by molar-refractivity contribution is 5.55. The van der Waals surface area contributed by atoms with Crippen LogP contribution < -0.4 is 5.73 Å². The predicted molar refractivity (Wildman–Crippen MR) is 77.1 cm³/mol. The minimum atomic E-state index is -0.701. The van der Waals surface area contributed by atoms with Crippen LogP contribution in [0.4, 0.5) is 4.39 Å². The van der Waals surface area contributed by atoms with Crippen molar-refractivity contribution in [1.29, 1.82) is 0 Å². The van der Waals surface area contributed by atoms with Crippen LogP contribution in [-0.4, -0.2) is 21.8 Å². The molecule has 2 aromatic rings. The molecule has 0 saturated carbocycles. The maximum absolute atomic E-state index is 13.3. The van der Waals surface area contributed by atoms with E-state index in [0.717, 1.165) is 19.3 Å². The molecule has 114 valence electrons. The molecule has 1 atom stereocenters. The fourth-order valence-electron chi connectivity index (χ4n) is 2.24. The molecular weight excluding hydrogens is 273 g/mol. The Labute approximate surface area is 123 Å². The van der Waals surface area contributed by atoms with Crippen molar-refractivity contribution in [3.05, 3.63) is 29.9 Å². The highest BCUT2D eigenvalue weighted by atomic mass is 19.1. The third kappa shape index (κ3) is 4.01. The fourth-order valence-corrected chi connectivity index (χ4v) is 2.24. The number of aromatic hydroxyl groups is 1. The number of nitrogens with two attached hydrogens (primary N) is 1. The van der Waals surface area contributed by atoms with E-state index in [1.165, 1.54) is 12.1 Å². The molecule has 0 aliphatic heterocycles. The fraction of sp³-hybridized carbons (Fsp3) is 0.467. The Morgan fingerprint density at radius 3 is 2.86 bits per heavy atom. The number of aryl methyl sites for hydroxylation is 1. The second-order valence-electron chi connectivity index (χ2n) is 5.07. The van der Waals surface area contributed by atoms with Crippen LogP contribution in [0.2, 0.25) is 0 Å². The summed E-state index contributed by atoms with van der Waals surface area (Å²) in [7, 11) is 0. The molecule has 0 saturated heterocycles. The summed E-state index contributed by atoms with van der Waals surface area (Å²) in [6.07, 6.45) is 3.69. The molecular formula is C15H20FN3O2. The molecule has 1 unspecified atom stereocenters. The van der Waals surface area contributed by atoms with Gasteiger partial charge in [-0.1, -0.05) is 18.5 Å². The number of hydrogen-bond acceptors (Lipinski definition) is 5. The van der Waals surface area contributed by atoms with Crippen molar-refractivity contribution in [3.63, 3.8) is 0 Å². The Morgan fingerprint density at radius 1 is 1.38 bits per heavy atom. The van der Waals surface area contributed by atoms with Crippen molar-refractivity contribution < 1.29 is 14.0 Å². The highest BCUT2D eigenvalue weighted by Gasteiger charge is 2.13. The number of rotatable bonds is 7. The third-order valence-corrected chi connectivity index (χ3v) is 3.59. The minimum absolute atomic E-state index is 0.329. The van der Waals surface area contributed by atoms with Crippen molar-refractivity contribution in [3.8, 4) is 17.1 Å². The molecule has 21 heavy (non-hydrogen) atoms. The summed E-state index contributed by atoms with van der Waals surface area (Å²) in [5.74, 6) is 0.323. The van der Waals surface area contributed by atoms with Gasteiger partial charge in [-0.05, 0) is 43.5 Å². The number of hydrogen-bond donors (Lipinski definition) is 2. The molecule has 0 aliphatic carbocycles.